The summed E-state index contributed by atoms with van der Waals surface area (Å²) in [5.74, 6) is 6.62. The van der Waals surface area contributed by atoms with E-state index in [1.165, 1.54) is 12.1 Å². The SMILES string of the molecule is Cc1ccc(S(=O)(=O)OC[C@@H](O)CC#C[C@@H]2[C@@H](CCOC(c3ccccc3)(c3ccccc3)c3ccccc3)[C@@H](O[Si](C)(C)C(C)(C)C)[C@@H]2O[Si](C(C)C)(C(C)C)C(C)C)cc1. The number of benzene rings is 4. The number of aliphatic hydroxyl groups is 1. The second-order valence-corrected chi connectivity index (χ2v) is 31.4. The van der Waals surface area contributed by atoms with Crippen LogP contribution in [0.4, 0.5) is 0 Å². The highest BCUT2D eigenvalue weighted by Crippen LogP contribution is 2.52. The second kappa shape index (κ2) is 20.6. The van der Waals surface area contributed by atoms with E-state index in [1.54, 1.807) is 12.1 Å². The van der Waals surface area contributed by atoms with Gasteiger partial charge in [-0.25, -0.2) is 0 Å². The van der Waals surface area contributed by atoms with Crippen LogP contribution >= 0.6 is 0 Å². The lowest BCUT2D eigenvalue weighted by molar-refractivity contribution is -0.130. The van der Waals surface area contributed by atoms with Gasteiger partial charge in [0.2, 0.25) is 8.32 Å². The van der Waals surface area contributed by atoms with Crippen molar-refractivity contribution in [3.8, 4) is 11.8 Å². The Hall–Kier alpha value is -3.38. The second-order valence-electron chi connectivity index (χ2n) is 19.6. The van der Waals surface area contributed by atoms with Gasteiger partial charge in [0.1, 0.15) is 5.60 Å². The van der Waals surface area contributed by atoms with Crippen LogP contribution in [0.2, 0.25) is 34.8 Å². The van der Waals surface area contributed by atoms with Crippen molar-refractivity contribution in [3.05, 3.63) is 138 Å². The van der Waals surface area contributed by atoms with Crippen molar-refractivity contribution in [2.24, 2.45) is 11.8 Å². The van der Waals surface area contributed by atoms with Crippen molar-refractivity contribution in [1.29, 1.82) is 0 Å². The number of hydrogen-bond donors (Lipinski definition) is 1. The molecule has 0 radical (unpaired) electrons. The number of ether oxygens (including phenoxy) is 1. The summed E-state index contributed by atoms with van der Waals surface area (Å²) in [6.45, 7) is 27.2. The van der Waals surface area contributed by atoms with Crippen molar-refractivity contribution in [2.75, 3.05) is 13.2 Å². The average molecular weight is 897 g/mol. The maximum atomic E-state index is 12.9. The summed E-state index contributed by atoms with van der Waals surface area (Å²) < 4.78 is 53.6. The van der Waals surface area contributed by atoms with E-state index in [0.29, 0.717) is 29.7 Å². The summed E-state index contributed by atoms with van der Waals surface area (Å²) in [5.41, 5.74) is 4.24. The minimum atomic E-state index is -4.04. The normalized spacial score (nSPS) is 19.3. The molecule has 1 saturated carbocycles. The number of aliphatic hydroxyl groups excluding tert-OH is 1. The highest BCUT2D eigenvalue weighted by molar-refractivity contribution is 7.86. The smallest absolute Gasteiger partial charge is 0.297 e. The van der Waals surface area contributed by atoms with Crippen LogP contribution in [0.1, 0.15) is 97.4 Å². The molecule has 5 atom stereocenters. The monoisotopic (exact) mass is 896 g/mol. The van der Waals surface area contributed by atoms with Gasteiger partial charge in [-0.05, 0) is 76.9 Å². The predicted octanol–water partition coefficient (Wildman–Crippen LogP) is 12.1. The Labute approximate surface area is 376 Å². The van der Waals surface area contributed by atoms with Gasteiger partial charge >= 0.3 is 0 Å². The molecule has 1 fully saturated rings. The summed E-state index contributed by atoms with van der Waals surface area (Å²) in [6.07, 6.45) is -0.898. The van der Waals surface area contributed by atoms with E-state index < -0.39 is 45.1 Å². The van der Waals surface area contributed by atoms with Gasteiger partial charge in [0.25, 0.3) is 10.1 Å². The van der Waals surface area contributed by atoms with Crippen LogP contribution in [0.15, 0.2) is 120 Å². The van der Waals surface area contributed by atoms with Gasteiger partial charge in [0.15, 0.2) is 8.32 Å². The summed E-state index contributed by atoms with van der Waals surface area (Å²) in [7, 11) is -8.78. The third kappa shape index (κ3) is 10.9. The van der Waals surface area contributed by atoms with Gasteiger partial charge < -0.3 is 18.7 Å². The van der Waals surface area contributed by atoms with Crippen molar-refractivity contribution >= 4 is 26.8 Å². The van der Waals surface area contributed by atoms with Gasteiger partial charge in [-0.3, -0.25) is 4.18 Å². The summed E-state index contributed by atoms with van der Waals surface area (Å²) in [6, 6.07) is 37.8. The molecule has 0 amide bonds. The van der Waals surface area contributed by atoms with E-state index in [0.717, 1.165) is 22.3 Å². The lowest BCUT2D eigenvalue weighted by atomic mass is 9.67. The number of aryl methyl sites for hydroxylation is 1. The first-order chi connectivity index (χ1) is 29.2. The van der Waals surface area contributed by atoms with Gasteiger partial charge in [-0.15, -0.1) is 5.92 Å². The highest BCUT2D eigenvalue weighted by Gasteiger charge is 2.59. The Bertz CT molecular complexity index is 2060. The molecule has 4 aromatic carbocycles. The fraction of sp³-hybridized carbons (Fsp3) is 0.500. The molecule has 1 aliphatic rings. The number of hydrogen-bond acceptors (Lipinski definition) is 7. The first-order valence-corrected chi connectivity index (χ1v) is 28.9. The van der Waals surface area contributed by atoms with Crippen molar-refractivity contribution in [3.63, 3.8) is 0 Å². The third-order valence-corrected chi connectivity index (χ3v) is 25.4. The predicted molar refractivity (Wildman–Crippen MR) is 257 cm³/mol. The lowest BCUT2D eigenvalue weighted by Crippen LogP contribution is -2.66. The van der Waals surface area contributed by atoms with Crippen LogP contribution in [-0.2, 0) is 33.5 Å². The maximum Gasteiger partial charge on any atom is 0.297 e. The molecular weight excluding hydrogens is 825 g/mol. The molecular formula is C52H72O7SSi2. The summed E-state index contributed by atoms with van der Waals surface area (Å²) in [5, 5.41) is 11.0. The molecule has 7 nitrogen and oxygen atoms in total. The van der Waals surface area contributed by atoms with Crippen molar-refractivity contribution < 1.29 is 31.3 Å². The average Bonchev–Trinajstić information content (AvgIpc) is 3.22. The molecule has 0 aromatic heterocycles. The summed E-state index contributed by atoms with van der Waals surface area (Å²) >= 11 is 0. The van der Waals surface area contributed by atoms with E-state index in [4.69, 9.17) is 17.8 Å². The van der Waals surface area contributed by atoms with Crippen LogP contribution < -0.4 is 0 Å². The lowest BCUT2D eigenvalue weighted by Gasteiger charge is -2.57. The first-order valence-electron chi connectivity index (χ1n) is 22.5. The highest BCUT2D eigenvalue weighted by atomic mass is 32.2. The molecule has 4 aromatic rings. The van der Waals surface area contributed by atoms with Gasteiger partial charge in [0.05, 0.1) is 35.7 Å². The molecule has 5 rings (SSSR count). The topological polar surface area (TPSA) is 91.3 Å². The number of rotatable bonds is 19. The molecule has 0 aliphatic heterocycles. The van der Waals surface area contributed by atoms with E-state index in [1.807, 2.05) is 25.1 Å². The maximum absolute atomic E-state index is 12.9. The van der Waals surface area contributed by atoms with Crippen LogP contribution in [-0.4, -0.2) is 61.7 Å². The molecule has 1 aliphatic carbocycles. The zero-order chi connectivity index (χ0) is 45.5. The van der Waals surface area contributed by atoms with E-state index >= 15 is 0 Å². The molecule has 0 unspecified atom stereocenters. The molecule has 0 saturated heterocycles. The zero-order valence-electron chi connectivity index (χ0n) is 39.2. The molecule has 0 heterocycles. The molecule has 10 heteroatoms. The van der Waals surface area contributed by atoms with E-state index in [9.17, 15) is 13.5 Å². The fourth-order valence-electron chi connectivity index (χ4n) is 9.15. The first kappa shape index (κ1) is 49.6. The molecule has 62 heavy (non-hydrogen) atoms. The minimum absolute atomic E-state index is 0.0323. The Morgan fingerprint density at radius 1 is 0.694 bits per heavy atom. The van der Waals surface area contributed by atoms with E-state index in [-0.39, 0.29) is 40.4 Å². The Balaban J connectivity index is 1.53. The van der Waals surface area contributed by atoms with Crippen LogP contribution in [0.3, 0.4) is 0 Å². The Morgan fingerprint density at radius 2 is 1.16 bits per heavy atom. The van der Waals surface area contributed by atoms with Gasteiger partial charge in [0, 0.05) is 18.9 Å². The molecule has 0 bridgehead atoms. The zero-order valence-corrected chi connectivity index (χ0v) is 42.0. The Morgan fingerprint density at radius 3 is 1.60 bits per heavy atom. The molecule has 336 valence electrons. The standard InChI is InChI=1S/C52H72O7SSi2/c1-38(2)62(39(3)4,40(5)6)59-50-47(30-22-29-45(53)37-57-60(54,55)46-33-31-41(7)32-34-46)48(49(50)58-61(11,12)51(8,9)10)35-36-56-52(42-23-16-13-17-24-42,43-25-18-14-19-26-43)44-27-20-15-21-28-44/h13-21,23-28,31-34,38-40,45,47-50,53H,29,35-37H2,1-12H3/t45-,47+,48+,49+,50+/m0/s1. The third-order valence-electron chi connectivity index (χ3n) is 13.5. The molecule has 1 N–H and O–H groups in total. The largest absolute Gasteiger partial charge is 0.411 e. The summed E-state index contributed by atoms with van der Waals surface area (Å²) in [4.78, 5) is 0.0533. The van der Waals surface area contributed by atoms with Gasteiger partial charge in [-0.2, -0.15) is 8.42 Å². The fourth-order valence-corrected chi connectivity index (χ4v) is 17.0. The van der Waals surface area contributed by atoms with E-state index in [2.05, 4.69) is 160 Å². The van der Waals surface area contributed by atoms with Crippen molar-refractivity contribution in [1.82, 2.24) is 0 Å². The minimum Gasteiger partial charge on any atom is -0.411 e. The molecule has 0 spiro atoms. The Kier molecular flexibility index (Phi) is 16.5. The van der Waals surface area contributed by atoms with Crippen LogP contribution in [0.5, 0.6) is 0 Å². The quantitative estimate of drug-likeness (QED) is 0.0434. The van der Waals surface area contributed by atoms with Crippen molar-refractivity contribution in [2.45, 2.75) is 146 Å². The van der Waals surface area contributed by atoms with Gasteiger partial charge in [-0.1, -0.05) is 177 Å². The van der Waals surface area contributed by atoms with Crippen LogP contribution in [0.25, 0.3) is 0 Å². The van der Waals surface area contributed by atoms with Crippen LogP contribution in [0, 0.1) is 30.6 Å².